The lowest BCUT2D eigenvalue weighted by molar-refractivity contribution is 0.178. The maximum atomic E-state index is 4.33. The van der Waals surface area contributed by atoms with Crippen molar-refractivity contribution >= 4 is 37.7 Å². The van der Waals surface area contributed by atoms with Crippen LogP contribution in [0.1, 0.15) is 0 Å². The fourth-order valence-corrected chi connectivity index (χ4v) is 2.64. The Morgan fingerprint density at radius 1 is 1.25 bits per heavy atom. The van der Waals surface area contributed by atoms with Crippen molar-refractivity contribution in [3.8, 4) is 0 Å². The summed E-state index contributed by atoms with van der Waals surface area (Å²) in [5, 5.41) is 2.20. The van der Waals surface area contributed by atoms with Gasteiger partial charge in [0.15, 0.2) is 5.82 Å². The van der Waals surface area contributed by atoms with Gasteiger partial charge < -0.3 is 10.3 Å². The van der Waals surface area contributed by atoms with E-state index in [1.165, 1.54) is 0 Å². The van der Waals surface area contributed by atoms with E-state index in [9.17, 15) is 0 Å². The highest BCUT2D eigenvalue weighted by atomic mass is 79.9. The number of nitrogens with zero attached hydrogens (tertiary/aromatic N) is 3. The first kappa shape index (κ1) is 12.3. The van der Waals surface area contributed by atoms with E-state index in [1.54, 1.807) is 6.20 Å². The van der Waals surface area contributed by atoms with Gasteiger partial charge in [-0.25, -0.2) is 9.99 Å². The first-order valence-electron chi connectivity index (χ1n) is 5.16. The van der Waals surface area contributed by atoms with E-state index < -0.39 is 0 Å². The predicted octanol–water partition coefficient (Wildman–Crippen LogP) is 2.18. The number of pyridine rings is 1. The highest BCUT2D eigenvalue weighted by Crippen LogP contribution is 2.23. The third-order valence-electron chi connectivity index (χ3n) is 2.58. The van der Waals surface area contributed by atoms with Crippen LogP contribution in [0.15, 0.2) is 21.2 Å². The third-order valence-corrected chi connectivity index (χ3v) is 3.61. The molecule has 0 saturated carbocycles. The van der Waals surface area contributed by atoms with E-state index in [2.05, 4.69) is 59.2 Å². The van der Waals surface area contributed by atoms with Crippen molar-refractivity contribution in [2.45, 2.75) is 0 Å². The van der Waals surface area contributed by atoms with Crippen LogP contribution in [0.3, 0.4) is 0 Å². The van der Waals surface area contributed by atoms with Crippen molar-refractivity contribution in [3.05, 3.63) is 21.2 Å². The van der Waals surface area contributed by atoms with Gasteiger partial charge in [-0.05, 0) is 45.0 Å². The number of hydrazine groups is 1. The maximum absolute atomic E-state index is 4.33. The summed E-state index contributed by atoms with van der Waals surface area (Å²) < 4.78 is 1.95. The third kappa shape index (κ3) is 3.16. The lowest BCUT2D eigenvalue weighted by Crippen LogP contribution is -2.47. The molecule has 0 spiro atoms. The average molecular weight is 350 g/mol. The van der Waals surface area contributed by atoms with Crippen molar-refractivity contribution < 1.29 is 0 Å². The van der Waals surface area contributed by atoms with Gasteiger partial charge in [0.2, 0.25) is 0 Å². The van der Waals surface area contributed by atoms with Crippen LogP contribution in [-0.2, 0) is 0 Å². The highest BCUT2D eigenvalue weighted by molar-refractivity contribution is 9.11. The quantitative estimate of drug-likeness (QED) is 0.886. The number of aromatic nitrogens is 1. The van der Waals surface area contributed by atoms with Crippen molar-refractivity contribution in [1.82, 2.24) is 14.9 Å². The maximum Gasteiger partial charge on any atom is 0.154 e. The van der Waals surface area contributed by atoms with Gasteiger partial charge in [-0.15, -0.1) is 0 Å². The summed E-state index contributed by atoms with van der Waals surface area (Å²) in [6.45, 7) is 4.20. The number of piperazine rings is 1. The summed E-state index contributed by atoms with van der Waals surface area (Å²) in [5.74, 6) is 0.868. The Hall–Kier alpha value is -0.170. The van der Waals surface area contributed by atoms with Crippen LogP contribution in [0.5, 0.6) is 0 Å². The van der Waals surface area contributed by atoms with Crippen molar-refractivity contribution in [2.75, 3.05) is 38.7 Å². The number of hydrogen-bond donors (Lipinski definition) is 1. The lowest BCUT2D eigenvalue weighted by atomic mass is 10.4. The summed E-state index contributed by atoms with van der Waals surface area (Å²) >= 11 is 6.88. The van der Waals surface area contributed by atoms with E-state index in [0.717, 1.165) is 40.9 Å². The second-order valence-electron chi connectivity index (χ2n) is 3.89. The molecule has 0 amide bonds. The molecule has 1 fully saturated rings. The SMILES string of the molecule is CN1CCN(Nc2ncc(Br)cc2Br)CC1. The van der Waals surface area contributed by atoms with Crippen LogP contribution >= 0.6 is 31.9 Å². The van der Waals surface area contributed by atoms with E-state index in [-0.39, 0.29) is 0 Å². The molecule has 1 saturated heterocycles. The highest BCUT2D eigenvalue weighted by Gasteiger charge is 2.14. The number of likely N-dealkylation sites (N-methyl/N-ethyl adjacent to an activating group) is 1. The minimum Gasteiger partial charge on any atom is -0.304 e. The molecule has 88 valence electrons. The van der Waals surface area contributed by atoms with Crippen molar-refractivity contribution in [3.63, 3.8) is 0 Å². The molecule has 0 aliphatic carbocycles. The van der Waals surface area contributed by atoms with Gasteiger partial charge in [-0.1, -0.05) is 0 Å². The van der Waals surface area contributed by atoms with Gasteiger partial charge >= 0.3 is 0 Å². The summed E-state index contributed by atoms with van der Waals surface area (Å²) in [5.41, 5.74) is 3.32. The van der Waals surface area contributed by atoms with Crippen LogP contribution in [0.4, 0.5) is 5.82 Å². The minimum atomic E-state index is 0.868. The van der Waals surface area contributed by atoms with Crippen LogP contribution in [0, 0.1) is 0 Å². The second-order valence-corrected chi connectivity index (χ2v) is 5.66. The van der Waals surface area contributed by atoms with E-state index in [0.29, 0.717) is 0 Å². The van der Waals surface area contributed by atoms with Crippen molar-refractivity contribution in [1.29, 1.82) is 0 Å². The molecule has 0 unspecified atom stereocenters. The largest absolute Gasteiger partial charge is 0.304 e. The summed E-state index contributed by atoms with van der Waals surface area (Å²) in [6, 6.07) is 1.99. The zero-order valence-corrected chi connectivity index (χ0v) is 12.3. The molecule has 4 nitrogen and oxygen atoms in total. The van der Waals surface area contributed by atoms with Crippen LogP contribution in [0.2, 0.25) is 0 Å². The fraction of sp³-hybridized carbons (Fsp3) is 0.500. The van der Waals surface area contributed by atoms with Gasteiger partial charge in [0.25, 0.3) is 0 Å². The molecular weight excluding hydrogens is 336 g/mol. The Kier molecular flexibility index (Phi) is 4.18. The molecule has 0 bridgehead atoms. The summed E-state index contributed by atoms with van der Waals surface area (Å²) in [7, 11) is 2.14. The lowest BCUT2D eigenvalue weighted by Gasteiger charge is -2.32. The molecule has 1 N–H and O–H groups in total. The molecule has 1 aromatic heterocycles. The Labute approximate surface area is 112 Å². The van der Waals surface area contributed by atoms with E-state index in [4.69, 9.17) is 0 Å². The molecular formula is C10H14Br2N4. The number of nitrogens with one attached hydrogen (secondary N) is 1. The van der Waals surface area contributed by atoms with E-state index >= 15 is 0 Å². The number of hydrogen-bond acceptors (Lipinski definition) is 4. The Balaban J connectivity index is 1.98. The molecule has 6 heteroatoms. The van der Waals surface area contributed by atoms with Gasteiger partial charge in [0.05, 0.1) is 4.47 Å². The molecule has 1 aliphatic heterocycles. The average Bonchev–Trinajstić information content (AvgIpc) is 2.25. The monoisotopic (exact) mass is 348 g/mol. The van der Waals surface area contributed by atoms with Crippen LogP contribution in [-0.4, -0.2) is 48.1 Å². The van der Waals surface area contributed by atoms with Crippen LogP contribution in [0.25, 0.3) is 0 Å². The summed E-state index contributed by atoms with van der Waals surface area (Å²) in [6.07, 6.45) is 1.79. The van der Waals surface area contributed by atoms with Gasteiger partial charge in [-0.2, -0.15) is 0 Å². The molecule has 0 radical (unpaired) electrons. The standard InChI is InChI=1S/C10H14Br2N4/c1-15-2-4-16(5-3-15)14-10-9(12)6-8(11)7-13-10/h6-7H,2-5H2,1H3,(H,13,14). The smallest absolute Gasteiger partial charge is 0.154 e. The molecule has 2 heterocycles. The molecule has 0 atom stereocenters. The first-order valence-corrected chi connectivity index (χ1v) is 6.75. The first-order chi connectivity index (χ1) is 7.65. The van der Waals surface area contributed by atoms with Crippen LogP contribution < -0.4 is 5.43 Å². The Morgan fingerprint density at radius 2 is 1.94 bits per heavy atom. The zero-order chi connectivity index (χ0) is 11.5. The topological polar surface area (TPSA) is 31.4 Å². The van der Waals surface area contributed by atoms with Crippen molar-refractivity contribution in [2.24, 2.45) is 0 Å². The predicted molar refractivity (Wildman–Crippen MR) is 72.3 cm³/mol. The Bertz CT molecular complexity index is 364. The molecule has 1 aromatic rings. The second kappa shape index (κ2) is 5.44. The fourth-order valence-electron chi connectivity index (χ4n) is 1.56. The van der Waals surface area contributed by atoms with Gasteiger partial charge in [0, 0.05) is 36.8 Å². The number of anilines is 1. The molecule has 0 aromatic carbocycles. The van der Waals surface area contributed by atoms with E-state index in [1.807, 2.05) is 6.07 Å². The number of rotatable bonds is 2. The normalized spacial score (nSPS) is 18.7. The molecule has 1 aliphatic rings. The minimum absolute atomic E-state index is 0.868. The Morgan fingerprint density at radius 3 is 2.56 bits per heavy atom. The molecule has 16 heavy (non-hydrogen) atoms. The number of halogens is 2. The van der Waals surface area contributed by atoms with Gasteiger partial charge in [0.1, 0.15) is 0 Å². The molecule has 2 rings (SSSR count). The van der Waals surface area contributed by atoms with Gasteiger partial charge in [-0.3, -0.25) is 0 Å². The zero-order valence-electron chi connectivity index (χ0n) is 9.08. The summed E-state index contributed by atoms with van der Waals surface area (Å²) in [4.78, 5) is 6.65.